The fourth-order valence-electron chi connectivity index (χ4n) is 3.83. The van der Waals surface area contributed by atoms with E-state index in [0.717, 1.165) is 45.2 Å². The van der Waals surface area contributed by atoms with Gasteiger partial charge in [0.15, 0.2) is 5.82 Å². The lowest BCUT2D eigenvalue weighted by atomic mass is 10.0. The summed E-state index contributed by atoms with van der Waals surface area (Å²) < 4.78 is 5.00. The Morgan fingerprint density at radius 2 is 1.88 bits per heavy atom. The van der Waals surface area contributed by atoms with E-state index in [2.05, 4.69) is 9.97 Å². The maximum Gasteiger partial charge on any atom is 0.257 e. The summed E-state index contributed by atoms with van der Waals surface area (Å²) in [5, 5.41) is 0. The number of hydrogen-bond donors (Lipinski definition) is 0. The van der Waals surface area contributed by atoms with Crippen LogP contribution in [-0.4, -0.2) is 64.9 Å². The van der Waals surface area contributed by atoms with E-state index < -0.39 is 0 Å². The van der Waals surface area contributed by atoms with Crippen molar-refractivity contribution < 1.29 is 14.3 Å². The maximum absolute atomic E-state index is 12.7. The van der Waals surface area contributed by atoms with E-state index in [0.29, 0.717) is 23.6 Å². The van der Waals surface area contributed by atoms with Gasteiger partial charge in [-0.05, 0) is 45.4 Å². The predicted molar refractivity (Wildman–Crippen MR) is 96.7 cm³/mol. The third kappa shape index (κ3) is 4.03. The number of ether oxygens (including phenoxy) is 1. The van der Waals surface area contributed by atoms with Crippen molar-refractivity contribution in [3.8, 4) is 0 Å². The summed E-state index contributed by atoms with van der Waals surface area (Å²) >= 11 is 0. The van der Waals surface area contributed by atoms with Crippen molar-refractivity contribution in [2.75, 3.05) is 33.4 Å². The molecule has 2 aliphatic heterocycles. The van der Waals surface area contributed by atoms with Crippen LogP contribution in [0.5, 0.6) is 0 Å². The van der Waals surface area contributed by atoms with Gasteiger partial charge < -0.3 is 14.5 Å². The highest BCUT2D eigenvalue weighted by molar-refractivity contribution is 5.95. The van der Waals surface area contributed by atoms with Crippen LogP contribution in [-0.2, 0) is 9.53 Å². The Balaban J connectivity index is 1.79. The number of amides is 2. The minimum atomic E-state index is -0.135. The number of aromatic nitrogens is 2. The number of carbonyl (C=O) groups is 2. The summed E-state index contributed by atoms with van der Waals surface area (Å²) in [7, 11) is 1.53. The van der Waals surface area contributed by atoms with Gasteiger partial charge in [0.1, 0.15) is 6.61 Å². The minimum Gasteiger partial charge on any atom is -0.375 e. The van der Waals surface area contributed by atoms with Crippen LogP contribution in [0.4, 0.5) is 0 Å². The Morgan fingerprint density at radius 3 is 2.58 bits per heavy atom. The highest BCUT2D eigenvalue weighted by Gasteiger charge is 2.30. The van der Waals surface area contributed by atoms with E-state index in [1.165, 1.54) is 13.5 Å². The third-order valence-corrected chi connectivity index (χ3v) is 5.26. The van der Waals surface area contributed by atoms with Gasteiger partial charge in [-0.1, -0.05) is 0 Å². The molecule has 2 saturated heterocycles. The summed E-state index contributed by atoms with van der Waals surface area (Å²) in [6, 6.07) is -0.135. The number of nitrogens with zero attached hydrogens (tertiary/aromatic N) is 4. The number of likely N-dealkylation sites (tertiary alicyclic amines) is 2. The zero-order valence-electron chi connectivity index (χ0n) is 15.7. The van der Waals surface area contributed by atoms with Crippen molar-refractivity contribution in [3.05, 3.63) is 23.3 Å². The van der Waals surface area contributed by atoms with E-state index in [9.17, 15) is 9.59 Å². The molecule has 3 rings (SSSR count). The van der Waals surface area contributed by atoms with E-state index in [4.69, 9.17) is 4.74 Å². The lowest BCUT2D eigenvalue weighted by Crippen LogP contribution is -2.41. The summed E-state index contributed by atoms with van der Waals surface area (Å²) in [6.45, 7) is 4.24. The number of rotatable bonds is 4. The molecule has 0 saturated carbocycles. The number of carbonyl (C=O) groups excluding carboxylic acids is 2. The number of aryl methyl sites for hydroxylation is 1. The van der Waals surface area contributed by atoms with Gasteiger partial charge in [0.05, 0.1) is 17.3 Å². The van der Waals surface area contributed by atoms with Gasteiger partial charge in [0, 0.05) is 32.9 Å². The fourth-order valence-corrected chi connectivity index (χ4v) is 3.83. The Hall–Kier alpha value is -2.02. The molecule has 3 heterocycles. The molecular formula is C19H28N4O3. The molecule has 0 radical (unpaired) electrons. The van der Waals surface area contributed by atoms with Gasteiger partial charge in [-0.3, -0.25) is 9.59 Å². The molecule has 0 N–H and O–H groups in total. The Labute approximate surface area is 154 Å². The first-order chi connectivity index (χ1) is 12.6. The van der Waals surface area contributed by atoms with Crippen molar-refractivity contribution in [3.63, 3.8) is 0 Å². The molecule has 1 aromatic rings. The summed E-state index contributed by atoms with van der Waals surface area (Å²) in [6.07, 6.45) is 7.81. The first kappa shape index (κ1) is 18.8. The normalized spacial score (nSPS) is 20.9. The van der Waals surface area contributed by atoms with Gasteiger partial charge in [-0.2, -0.15) is 0 Å². The highest BCUT2D eigenvalue weighted by Crippen LogP contribution is 2.29. The summed E-state index contributed by atoms with van der Waals surface area (Å²) in [4.78, 5) is 37.9. The van der Waals surface area contributed by atoms with Crippen molar-refractivity contribution in [2.24, 2.45) is 0 Å². The Bertz CT molecular complexity index is 658. The van der Waals surface area contributed by atoms with Crippen molar-refractivity contribution in [1.82, 2.24) is 19.8 Å². The lowest BCUT2D eigenvalue weighted by molar-refractivity contribution is -0.139. The Kier molecular flexibility index (Phi) is 6.19. The van der Waals surface area contributed by atoms with Crippen LogP contribution in [0.2, 0.25) is 0 Å². The molecule has 1 unspecified atom stereocenters. The molecule has 7 heteroatoms. The van der Waals surface area contributed by atoms with Gasteiger partial charge in [0.25, 0.3) is 5.91 Å². The van der Waals surface area contributed by atoms with E-state index >= 15 is 0 Å². The Morgan fingerprint density at radius 1 is 1.15 bits per heavy atom. The first-order valence-corrected chi connectivity index (χ1v) is 9.53. The molecule has 26 heavy (non-hydrogen) atoms. The number of hydrogen-bond acceptors (Lipinski definition) is 5. The second-order valence-corrected chi connectivity index (χ2v) is 7.11. The molecule has 7 nitrogen and oxygen atoms in total. The maximum atomic E-state index is 12.7. The van der Waals surface area contributed by atoms with Gasteiger partial charge in [-0.25, -0.2) is 9.97 Å². The molecule has 2 aliphatic rings. The van der Waals surface area contributed by atoms with Gasteiger partial charge in [-0.15, -0.1) is 0 Å². The van der Waals surface area contributed by atoms with Crippen LogP contribution in [0.3, 0.4) is 0 Å². The second-order valence-electron chi connectivity index (χ2n) is 7.11. The average molecular weight is 360 g/mol. The molecule has 0 aliphatic carbocycles. The fraction of sp³-hybridized carbons (Fsp3) is 0.684. The smallest absolute Gasteiger partial charge is 0.257 e. The molecule has 2 amide bonds. The molecule has 2 fully saturated rings. The zero-order chi connectivity index (χ0) is 18.5. The number of methoxy groups -OCH3 is 1. The van der Waals surface area contributed by atoms with Gasteiger partial charge in [0.2, 0.25) is 5.91 Å². The average Bonchev–Trinajstić information content (AvgIpc) is 2.68. The van der Waals surface area contributed by atoms with Crippen molar-refractivity contribution in [2.45, 2.75) is 51.5 Å². The third-order valence-electron chi connectivity index (χ3n) is 5.26. The van der Waals surface area contributed by atoms with Crippen LogP contribution in [0.15, 0.2) is 6.20 Å². The largest absolute Gasteiger partial charge is 0.375 e. The second kappa shape index (κ2) is 8.58. The quantitative estimate of drug-likeness (QED) is 0.822. The van der Waals surface area contributed by atoms with Crippen molar-refractivity contribution >= 4 is 11.8 Å². The highest BCUT2D eigenvalue weighted by atomic mass is 16.5. The van der Waals surface area contributed by atoms with Gasteiger partial charge >= 0.3 is 0 Å². The number of piperidine rings is 2. The topological polar surface area (TPSA) is 75.6 Å². The predicted octanol–water partition coefficient (Wildman–Crippen LogP) is 2.11. The lowest BCUT2D eigenvalue weighted by Gasteiger charge is -2.34. The van der Waals surface area contributed by atoms with E-state index in [1.54, 1.807) is 6.20 Å². The minimum absolute atomic E-state index is 0.0182. The van der Waals surface area contributed by atoms with Crippen LogP contribution in [0, 0.1) is 6.92 Å². The van der Waals surface area contributed by atoms with Crippen LogP contribution in [0.1, 0.15) is 66.4 Å². The SMILES string of the molecule is COCC(=O)N1CCCCC1c1ncc(C(=O)N2CCCCC2)c(C)n1. The molecule has 1 atom stereocenters. The standard InChI is InChI=1S/C19H28N4O3/c1-14-15(19(25)22-9-5-3-6-10-22)12-20-18(21-14)16-8-4-7-11-23(16)17(24)13-26-2/h12,16H,3-11,13H2,1-2H3. The summed E-state index contributed by atoms with van der Waals surface area (Å²) in [5.41, 5.74) is 1.26. The summed E-state index contributed by atoms with van der Waals surface area (Å²) in [5.74, 6) is 0.610. The van der Waals surface area contributed by atoms with Crippen LogP contribution < -0.4 is 0 Å². The molecule has 1 aromatic heterocycles. The van der Waals surface area contributed by atoms with Crippen molar-refractivity contribution in [1.29, 1.82) is 0 Å². The first-order valence-electron chi connectivity index (χ1n) is 9.53. The van der Waals surface area contributed by atoms with E-state index in [-0.39, 0.29) is 24.5 Å². The van der Waals surface area contributed by atoms with Crippen LogP contribution in [0.25, 0.3) is 0 Å². The molecular weight excluding hydrogens is 332 g/mol. The monoisotopic (exact) mass is 360 g/mol. The molecule has 0 bridgehead atoms. The molecule has 0 aromatic carbocycles. The molecule has 0 spiro atoms. The van der Waals surface area contributed by atoms with E-state index in [1.807, 2.05) is 16.7 Å². The zero-order valence-corrected chi connectivity index (χ0v) is 15.7. The molecule has 142 valence electrons. The van der Waals surface area contributed by atoms with Crippen LogP contribution >= 0.6 is 0 Å².